The minimum Gasteiger partial charge on any atom is -0.333 e. The molecule has 199 valence electrons. The Hall–Kier alpha value is -4.48. The Balaban J connectivity index is 0.000000196. The zero-order valence-corrected chi connectivity index (χ0v) is 24.9. The zero-order valence-electron chi connectivity index (χ0n) is 21.7. The number of hydrogen-bond donors (Lipinski definition) is 0. The molecule has 0 saturated heterocycles. The van der Waals surface area contributed by atoms with E-state index in [9.17, 15) is 0 Å². The van der Waals surface area contributed by atoms with Crippen molar-refractivity contribution in [1.29, 1.82) is 0 Å². The number of benzene rings is 4. The molecule has 0 N–H and O–H groups in total. The predicted molar refractivity (Wildman–Crippen MR) is 165 cm³/mol. The molecule has 4 aromatic heterocycles. The molecule has 0 amide bonds. The van der Waals surface area contributed by atoms with Crippen LogP contribution in [0.5, 0.6) is 0 Å². The molecule has 0 saturated carbocycles. The van der Waals surface area contributed by atoms with Crippen molar-refractivity contribution in [3.05, 3.63) is 146 Å². The maximum atomic E-state index is 4.96. The van der Waals surface area contributed by atoms with Gasteiger partial charge in [-0.1, -0.05) is 59.5 Å². The van der Waals surface area contributed by atoms with Crippen LogP contribution >= 0.6 is 11.3 Å². The summed E-state index contributed by atoms with van der Waals surface area (Å²) in [6.45, 7) is 0. The molecule has 41 heavy (non-hydrogen) atoms. The smallest absolute Gasteiger partial charge is 0.0957 e. The second kappa shape index (κ2) is 11.9. The summed E-state index contributed by atoms with van der Waals surface area (Å²) in [5.74, 6) is 0.895. The van der Waals surface area contributed by atoms with Crippen LogP contribution in [-0.2, 0) is 20.1 Å². The summed E-state index contributed by atoms with van der Waals surface area (Å²) in [7, 11) is 0. The molecule has 4 heterocycles. The summed E-state index contributed by atoms with van der Waals surface area (Å²) in [4.78, 5) is 13.4. The van der Waals surface area contributed by atoms with Gasteiger partial charge in [0, 0.05) is 42.9 Å². The Morgan fingerprint density at radius 1 is 0.683 bits per heavy atom. The SMILES string of the molecule is [Ir].[c-]1ccc2c(sc3ccccc32)c1-c1nc2cnccc2n1-c1ccccc1.[c-]1ccccc1-c1ccccn1. The topological polar surface area (TPSA) is 43.6 Å². The van der Waals surface area contributed by atoms with E-state index in [1.165, 1.54) is 20.2 Å². The van der Waals surface area contributed by atoms with E-state index in [0.29, 0.717) is 0 Å². The average molecular weight is 723 g/mol. The summed E-state index contributed by atoms with van der Waals surface area (Å²) in [6.07, 6.45) is 5.43. The van der Waals surface area contributed by atoms with Gasteiger partial charge in [-0.25, -0.2) is 0 Å². The second-order valence-electron chi connectivity index (χ2n) is 9.16. The fourth-order valence-corrected chi connectivity index (χ4v) is 6.06. The summed E-state index contributed by atoms with van der Waals surface area (Å²) in [6, 6.07) is 45.3. The van der Waals surface area contributed by atoms with Gasteiger partial charge in [0.2, 0.25) is 0 Å². The van der Waals surface area contributed by atoms with Crippen molar-refractivity contribution < 1.29 is 20.1 Å². The van der Waals surface area contributed by atoms with E-state index in [2.05, 4.69) is 81.3 Å². The van der Waals surface area contributed by atoms with Gasteiger partial charge in [0.1, 0.15) is 0 Å². The number of imidazole rings is 1. The fraction of sp³-hybridized carbons (Fsp3) is 0. The van der Waals surface area contributed by atoms with E-state index < -0.39 is 0 Å². The van der Waals surface area contributed by atoms with Crippen LogP contribution < -0.4 is 0 Å². The minimum atomic E-state index is 0. The molecular weight excluding hydrogens is 701 g/mol. The first kappa shape index (κ1) is 26.7. The van der Waals surface area contributed by atoms with Crippen LogP contribution in [0.3, 0.4) is 0 Å². The largest absolute Gasteiger partial charge is 0.333 e. The molecule has 0 aliphatic heterocycles. The third-order valence-corrected chi connectivity index (χ3v) is 7.89. The molecule has 8 aromatic rings. The molecule has 0 atom stereocenters. The number of para-hydroxylation sites is 1. The van der Waals surface area contributed by atoms with Crippen molar-refractivity contribution in [2.45, 2.75) is 0 Å². The van der Waals surface area contributed by atoms with Gasteiger partial charge >= 0.3 is 0 Å². The monoisotopic (exact) mass is 723 g/mol. The molecule has 0 spiro atoms. The third-order valence-electron chi connectivity index (χ3n) is 6.68. The van der Waals surface area contributed by atoms with Crippen molar-refractivity contribution in [3.63, 3.8) is 0 Å². The average Bonchev–Trinajstić information content (AvgIpc) is 3.62. The van der Waals surface area contributed by atoms with Gasteiger partial charge in [0.05, 0.1) is 23.1 Å². The minimum absolute atomic E-state index is 0. The number of aromatic nitrogens is 4. The fourth-order valence-electron chi connectivity index (χ4n) is 4.87. The van der Waals surface area contributed by atoms with Crippen LogP contribution in [0.15, 0.2) is 134 Å². The van der Waals surface area contributed by atoms with Crippen molar-refractivity contribution >= 4 is 42.5 Å². The predicted octanol–water partition coefficient (Wildman–Crippen LogP) is 8.80. The molecule has 6 heteroatoms. The van der Waals surface area contributed by atoms with E-state index in [4.69, 9.17) is 4.98 Å². The van der Waals surface area contributed by atoms with Gasteiger partial charge in [0.25, 0.3) is 0 Å². The van der Waals surface area contributed by atoms with Gasteiger partial charge in [-0.05, 0) is 46.1 Å². The maximum Gasteiger partial charge on any atom is 0.0957 e. The Kier molecular flexibility index (Phi) is 7.79. The molecule has 0 fully saturated rings. The summed E-state index contributed by atoms with van der Waals surface area (Å²) in [5, 5.41) is 2.53. The Bertz CT molecular complexity index is 2020. The molecule has 4 nitrogen and oxygen atoms in total. The van der Waals surface area contributed by atoms with Gasteiger partial charge in [-0.2, -0.15) is 11.3 Å². The van der Waals surface area contributed by atoms with Gasteiger partial charge < -0.3 is 9.55 Å². The van der Waals surface area contributed by atoms with E-state index in [0.717, 1.165) is 39.4 Å². The van der Waals surface area contributed by atoms with Crippen LogP contribution in [0.2, 0.25) is 0 Å². The van der Waals surface area contributed by atoms with Gasteiger partial charge in [0.15, 0.2) is 0 Å². The molecule has 0 bridgehead atoms. The first-order valence-corrected chi connectivity index (χ1v) is 13.8. The number of rotatable bonds is 3. The third kappa shape index (κ3) is 5.21. The molecule has 0 aliphatic carbocycles. The van der Waals surface area contributed by atoms with E-state index >= 15 is 0 Å². The second-order valence-corrected chi connectivity index (χ2v) is 10.2. The van der Waals surface area contributed by atoms with E-state index in [1.54, 1.807) is 17.5 Å². The molecule has 1 radical (unpaired) electrons. The summed E-state index contributed by atoms with van der Waals surface area (Å²) in [5.41, 5.74) is 6.04. The number of nitrogens with zero attached hydrogens (tertiary/aromatic N) is 4. The molecular formula is C35H22IrN4S-2. The number of fused-ring (bicyclic) bond motifs is 4. The van der Waals surface area contributed by atoms with E-state index in [-0.39, 0.29) is 20.1 Å². The van der Waals surface area contributed by atoms with Gasteiger partial charge in [-0.3, -0.25) is 9.97 Å². The van der Waals surface area contributed by atoms with Crippen LogP contribution in [0, 0.1) is 12.1 Å². The molecule has 0 unspecified atom stereocenters. The first-order chi connectivity index (χ1) is 19.9. The Morgan fingerprint density at radius 3 is 2.34 bits per heavy atom. The van der Waals surface area contributed by atoms with Crippen LogP contribution in [-0.4, -0.2) is 19.5 Å². The summed E-state index contributed by atoms with van der Waals surface area (Å²) < 4.78 is 4.69. The zero-order chi connectivity index (χ0) is 26.7. The van der Waals surface area contributed by atoms with Gasteiger partial charge in [-0.15, -0.1) is 54.1 Å². The van der Waals surface area contributed by atoms with Crippen LogP contribution in [0.25, 0.3) is 59.5 Å². The quantitative estimate of drug-likeness (QED) is 0.171. The Labute approximate surface area is 255 Å². The number of pyridine rings is 2. The molecule has 4 aromatic carbocycles. The standard InChI is InChI=1S/C24H14N3S.C11H8N.Ir/c1-2-7-16(8-3-1)27-21-13-14-25-15-20(21)26-24(27)19-11-6-10-18-17-9-4-5-12-22(17)28-23(18)19;1-2-6-10(7-3-1)11-8-4-5-9-12-11;/h1-10,12-15H;1-6,8-9H;/q2*-1;. The number of thiophene rings is 1. The Morgan fingerprint density at radius 2 is 1.51 bits per heavy atom. The van der Waals surface area contributed by atoms with E-state index in [1.807, 2.05) is 73.1 Å². The molecule has 8 rings (SSSR count). The van der Waals surface area contributed by atoms with Crippen molar-refractivity contribution in [3.8, 4) is 28.3 Å². The van der Waals surface area contributed by atoms with Crippen molar-refractivity contribution in [2.75, 3.05) is 0 Å². The first-order valence-electron chi connectivity index (χ1n) is 12.9. The molecule has 0 aliphatic rings. The van der Waals surface area contributed by atoms with Crippen molar-refractivity contribution in [1.82, 2.24) is 19.5 Å². The van der Waals surface area contributed by atoms with Crippen molar-refractivity contribution in [2.24, 2.45) is 0 Å². The van der Waals surface area contributed by atoms with Crippen LogP contribution in [0.1, 0.15) is 0 Å². The van der Waals surface area contributed by atoms with Crippen LogP contribution in [0.4, 0.5) is 0 Å². The number of hydrogen-bond acceptors (Lipinski definition) is 4. The summed E-state index contributed by atoms with van der Waals surface area (Å²) >= 11 is 1.80. The maximum absolute atomic E-state index is 4.96. The normalized spacial score (nSPS) is 10.7.